The second-order valence-corrected chi connectivity index (χ2v) is 7.63. The number of aromatic carboxylic acids is 1. The van der Waals surface area contributed by atoms with Crippen LogP contribution in [0.4, 0.5) is 0 Å². The van der Waals surface area contributed by atoms with Gasteiger partial charge in [0.2, 0.25) is 0 Å². The maximum Gasteiger partial charge on any atom is 0.335 e. The molecule has 2 aromatic heterocycles. The van der Waals surface area contributed by atoms with E-state index in [0.717, 1.165) is 0 Å². The van der Waals surface area contributed by atoms with E-state index in [-0.39, 0.29) is 30.0 Å². The van der Waals surface area contributed by atoms with Crippen molar-refractivity contribution >= 4 is 28.5 Å². The lowest BCUT2D eigenvalue weighted by Crippen LogP contribution is -2.26. The Kier molecular flexibility index (Phi) is 6.07. The van der Waals surface area contributed by atoms with Crippen molar-refractivity contribution in [1.82, 2.24) is 14.5 Å². The van der Waals surface area contributed by atoms with E-state index >= 15 is 0 Å². The van der Waals surface area contributed by atoms with Crippen LogP contribution in [0.15, 0.2) is 59.5 Å². The number of carbonyl (C=O) groups is 1. The first-order valence-electron chi connectivity index (χ1n) is 9.91. The number of carboxylic acids is 1. The van der Waals surface area contributed by atoms with Crippen LogP contribution in [-0.4, -0.2) is 32.2 Å². The van der Waals surface area contributed by atoms with Gasteiger partial charge in [-0.2, -0.15) is 5.26 Å². The lowest BCUT2D eigenvalue weighted by molar-refractivity contribution is 0.0697. The Morgan fingerprint density at radius 1 is 1.24 bits per heavy atom. The molecule has 0 aliphatic carbocycles. The third-order valence-corrected chi connectivity index (χ3v) is 5.32. The molecule has 0 fully saturated rings. The standard InChI is InChI=1S/C24H17ClN4O4/c1-14-28-21-13-27-18(12-26)11-20(21)23(30)29(14)7-8-33-22-6-5-17(25)10-19(22)15-3-2-4-16(9-15)24(31)32/h2-6,9-11,13H,7-8H2,1H3,(H,31,32). The summed E-state index contributed by atoms with van der Waals surface area (Å²) in [6, 6.07) is 14.9. The second-order valence-electron chi connectivity index (χ2n) is 7.19. The predicted molar refractivity (Wildman–Crippen MR) is 123 cm³/mol. The van der Waals surface area contributed by atoms with Gasteiger partial charge >= 0.3 is 5.97 Å². The summed E-state index contributed by atoms with van der Waals surface area (Å²) in [7, 11) is 0. The van der Waals surface area contributed by atoms with Crippen molar-refractivity contribution in [3.8, 4) is 22.9 Å². The van der Waals surface area contributed by atoms with Gasteiger partial charge in [0.25, 0.3) is 5.56 Å². The zero-order valence-corrected chi connectivity index (χ0v) is 18.2. The number of carboxylic acid groups (broad SMARTS) is 1. The van der Waals surface area contributed by atoms with Crippen LogP contribution >= 0.6 is 11.6 Å². The number of benzene rings is 2. The Balaban J connectivity index is 1.62. The molecule has 0 atom stereocenters. The van der Waals surface area contributed by atoms with Crippen molar-refractivity contribution < 1.29 is 14.6 Å². The molecule has 0 spiro atoms. The number of nitriles is 1. The highest BCUT2D eigenvalue weighted by Crippen LogP contribution is 2.33. The van der Waals surface area contributed by atoms with Crippen molar-refractivity contribution in [3.05, 3.63) is 87.2 Å². The van der Waals surface area contributed by atoms with Gasteiger partial charge in [0.05, 0.1) is 29.2 Å². The van der Waals surface area contributed by atoms with Crippen LogP contribution < -0.4 is 10.3 Å². The molecule has 1 N–H and O–H groups in total. The van der Waals surface area contributed by atoms with E-state index < -0.39 is 5.97 Å². The van der Waals surface area contributed by atoms with Crippen LogP contribution in [0.3, 0.4) is 0 Å². The Bertz CT molecular complexity index is 1490. The number of halogens is 1. The van der Waals surface area contributed by atoms with E-state index in [1.54, 1.807) is 43.3 Å². The summed E-state index contributed by atoms with van der Waals surface area (Å²) in [5.74, 6) is -0.0415. The van der Waals surface area contributed by atoms with E-state index in [1.807, 2.05) is 6.07 Å². The number of hydrogen-bond donors (Lipinski definition) is 1. The van der Waals surface area contributed by atoms with E-state index in [0.29, 0.717) is 38.6 Å². The van der Waals surface area contributed by atoms with Crippen molar-refractivity contribution in [2.24, 2.45) is 0 Å². The molecule has 0 aliphatic heterocycles. The third-order valence-electron chi connectivity index (χ3n) is 5.08. The molecule has 2 aromatic carbocycles. The van der Waals surface area contributed by atoms with Crippen molar-refractivity contribution in [2.45, 2.75) is 13.5 Å². The topological polar surface area (TPSA) is 118 Å². The minimum Gasteiger partial charge on any atom is -0.491 e. The Morgan fingerprint density at radius 3 is 2.82 bits per heavy atom. The molecule has 0 bridgehead atoms. The second kappa shape index (κ2) is 9.10. The number of hydrogen-bond acceptors (Lipinski definition) is 6. The maximum absolute atomic E-state index is 13.0. The van der Waals surface area contributed by atoms with Crippen LogP contribution in [0.25, 0.3) is 22.0 Å². The summed E-state index contributed by atoms with van der Waals surface area (Å²) in [4.78, 5) is 32.7. The van der Waals surface area contributed by atoms with Gasteiger partial charge in [-0.25, -0.2) is 14.8 Å². The fourth-order valence-corrected chi connectivity index (χ4v) is 3.65. The first kappa shape index (κ1) is 22.0. The van der Waals surface area contributed by atoms with Crippen LogP contribution in [0.5, 0.6) is 5.75 Å². The van der Waals surface area contributed by atoms with Gasteiger partial charge in [-0.3, -0.25) is 9.36 Å². The normalized spacial score (nSPS) is 10.7. The Hall–Kier alpha value is -4.22. The van der Waals surface area contributed by atoms with Crippen molar-refractivity contribution in [1.29, 1.82) is 5.26 Å². The number of pyridine rings is 1. The maximum atomic E-state index is 13.0. The van der Waals surface area contributed by atoms with Gasteiger partial charge in [-0.1, -0.05) is 23.7 Å². The van der Waals surface area contributed by atoms with Gasteiger partial charge in [-0.05, 0) is 48.9 Å². The predicted octanol–water partition coefficient (Wildman–Crippen LogP) is 4.07. The van der Waals surface area contributed by atoms with Gasteiger partial charge < -0.3 is 9.84 Å². The molecule has 0 saturated heterocycles. The fourth-order valence-electron chi connectivity index (χ4n) is 3.48. The molecule has 9 heteroatoms. The SMILES string of the molecule is Cc1nc2cnc(C#N)cc2c(=O)n1CCOc1ccc(Cl)cc1-c1cccc(C(=O)O)c1. The van der Waals surface area contributed by atoms with Gasteiger partial charge in [0.1, 0.15) is 29.9 Å². The molecule has 4 aromatic rings. The Morgan fingerprint density at radius 2 is 2.06 bits per heavy atom. The van der Waals surface area contributed by atoms with Crippen molar-refractivity contribution in [2.75, 3.05) is 6.61 Å². The lowest BCUT2D eigenvalue weighted by Gasteiger charge is -2.15. The molecule has 164 valence electrons. The number of rotatable bonds is 6. The number of fused-ring (bicyclic) bond motifs is 1. The van der Waals surface area contributed by atoms with Crippen LogP contribution in [0.1, 0.15) is 21.9 Å². The van der Waals surface area contributed by atoms with E-state index in [4.69, 9.17) is 21.6 Å². The number of aryl methyl sites for hydroxylation is 1. The number of nitrogens with zero attached hydrogens (tertiary/aromatic N) is 4. The van der Waals surface area contributed by atoms with Crippen LogP contribution in [0, 0.1) is 18.3 Å². The largest absolute Gasteiger partial charge is 0.491 e. The zero-order chi connectivity index (χ0) is 23.5. The number of aromatic nitrogens is 3. The fraction of sp³-hybridized carbons (Fsp3) is 0.125. The van der Waals surface area contributed by atoms with E-state index in [9.17, 15) is 14.7 Å². The molecule has 33 heavy (non-hydrogen) atoms. The first-order valence-corrected chi connectivity index (χ1v) is 10.3. The highest BCUT2D eigenvalue weighted by Gasteiger charge is 2.13. The molecule has 0 radical (unpaired) electrons. The third kappa shape index (κ3) is 4.54. The summed E-state index contributed by atoms with van der Waals surface area (Å²) in [5, 5.41) is 19.1. The average Bonchev–Trinajstić information content (AvgIpc) is 2.81. The summed E-state index contributed by atoms with van der Waals surface area (Å²) in [6.45, 7) is 2.08. The smallest absolute Gasteiger partial charge is 0.335 e. The van der Waals surface area contributed by atoms with E-state index in [1.165, 1.54) is 22.9 Å². The number of ether oxygens (including phenoxy) is 1. The van der Waals surface area contributed by atoms with Gasteiger partial charge in [-0.15, -0.1) is 0 Å². The minimum atomic E-state index is -1.03. The molecule has 0 amide bonds. The highest BCUT2D eigenvalue weighted by molar-refractivity contribution is 6.31. The molecule has 0 unspecified atom stereocenters. The molecule has 8 nitrogen and oxygen atoms in total. The van der Waals surface area contributed by atoms with Crippen LogP contribution in [-0.2, 0) is 6.54 Å². The van der Waals surface area contributed by atoms with Crippen molar-refractivity contribution in [3.63, 3.8) is 0 Å². The molecular formula is C24H17ClN4O4. The molecule has 2 heterocycles. The molecular weight excluding hydrogens is 444 g/mol. The summed E-state index contributed by atoms with van der Waals surface area (Å²) in [5.41, 5.74) is 1.70. The molecule has 0 aliphatic rings. The monoisotopic (exact) mass is 460 g/mol. The quantitative estimate of drug-likeness (QED) is 0.460. The molecule has 0 saturated carbocycles. The molecule has 4 rings (SSSR count). The Labute approximate surface area is 193 Å². The zero-order valence-electron chi connectivity index (χ0n) is 17.4. The lowest BCUT2D eigenvalue weighted by atomic mass is 10.0. The highest BCUT2D eigenvalue weighted by atomic mass is 35.5. The van der Waals surface area contributed by atoms with Gasteiger partial charge in [0.15, 0.2) is 0 Å². The van der Waals surface area contributed by atoms with Gasteiger partial charge in [0, 0.05) is 10.6 Å². The minimum absolute atomic E-state index is 0.141. The summed E-state index contributed by atoms with van der Waals surface area (Å²) < 4.78 is 7.44. The average molecular weight is 461 g/mol. The summed E-state index contributed by atoms with van der Waals surface area (Å²) in [6.07, 6.45) is 1.41. The van der Waals surface area contributed by atoms with Crippen LogP contribution in [0.2, 0.25) is 5.02 Å². The van der Waals surface area contributed by atoms with E-state index in [2.05, 4.69) is 9.97 Å². The first-order chi connectivity index (χ1) is 15.9. The summed E-state index contributed by atoms with van der Waals surface area (Å²) >= 11 is 6.17.